The van der Waals surface area contributed by atoms with Gasteiger partial charge in [0.25, 0.3) is 5.91 Å². The molecule has 1 fully saturated rings. The van der Waals surface area contributed by atoms with Gasteiger partial charge in [0.15, 0.2) is 11.4 Å². The van der Waals surface area contributed by atoms with Crippen molar-refractivity contribution < 1.29 is 58.3 Å². The third-order valence-corrected chi connectivity index (χ3v) is 8.13. The van der Waals surface area contributed by atoms with Gasteiger partial charge in [0.05, 0.1) is 12.2 Å². The molecule has 2 aliphatic heterocycles. The molecule has 4 rings (SSSR count). The number of ether oxygens (including phenoxy) is 1. The van der Waals surface area contributed by atoms with Crippen molar-refractivity contribution >= 4 is 33.4 Å². The standard InChI is InChI=1S/C23H22F7N5O6S/c1-10(22(25,26)27)31-20(37)21(38)35-6-11-9-41-18-16(42(39,40)33-15(11)7-35)8-34(2)17(18)19(36)32-12-3-4-14(24)13(5-12)23(28,29)30/h3-5,8,10-11,15,33H,6-7,9H2,1-2H3,(H,31,37)(H,32,36)/t10-,11+,15+/m1/s1. The molecule has 230 valence electrons. The second-order valence-electron chi connectivity index (χ2n) is 9.67. The highest BCUT2D eigenvalue weighted by molar-refractivity contribution is 7.89. The van der Waals surface area contributed by atoms with Crippen LogP contribution in [0.15, 0.2) is 29.3 Å². The maximum absolute atomic E-state index is 13.6. The van der Waals surface area contributed by atoms with Gasteiger partial charge >= 0.3 is 24.2 Å². The van der Waals surface area contributed by atoms with Gasteiger partial charge in [-0.15, -0.1) is 0 Å². The molecule has 2 aromatic rings. The summed E-state index contributed by atoms with van der Waals surface area (Å²) in [5.41, 5.74) is -2.50. The Kier molecular flexibility index (Phi) is 7.96. The number of aromatic nitrogens is 1. The van der Waals surface area contributed by atoms with E-state index < -0.39 is 91.5 Å². The molecular weight excluding hydrogens is 607 g/mol. The van der Waals surface area contributed by atoms with Crippen LogP contribution < -0.4 is 20.1 Å². The molecule has 0 radical (unpaired) electrons. The molecular formula is C23H22F7N5O6S. The van der Waals surface area contributed by atoms with Crippen LogP contribution in [0.3, 0.4) is 0 Å². The summed E-state index contributed by atoms with van der Waals surface area (Å²) in [5, 5.41) is 3.68. The lowest BCUT2D eigenvalue weighted by Gasteiger charge is -2.23. The Morgan fingerprint density at radius 1 is 1.12 bits per heavy atom. The Labute approximate surface area is 233 Å². The Morgan fingerprint density at radius 2 is 1.79 bits per heavy atom. The number of carbonyl (C=O) groups excluding carboxylic acids is 3. The summed E-state index contributed by atoms with van der Waals surface area (Å²) in [6.45, 7) is -0.355. The summed E-state index contributed by atoms with van der Waals surface area (Å²) in [6, 6.07) is -1.61. The summed E-state index contributed by atoms with van der Waals surface area (Å²) in [4.78, 5) is 38.0. The number of fused-ring (bicyclic) bond motifs is 2. The van der Waals surface area contributed by atoms with E-state index in [4.69, 9.17) is 4.74 Å². The molecule has 0 aliphatic carbocycles. The molecule has 1 aromatic carbocycles. The van der Waals surface area contributed by atoms with Crippen molar-refractivity contribution in [2.24, 2.45) is 13.0 Å². The van der Waals surface area contributed by atoms with E-state index in [0.29, 0.717) is 19.1 Å². The smallest absolute Gasteiger partial charge is 0.419 e. The zero-order chi connectivity index (χ0) is 31.4. The van der Waals surface area contributed by atoms with Crippen molar-refractivity contribution in [3.05, 3.63) is 41.5 Å². The molecule has 3 N–H and O–H groups in total. The second-order valence-corrected chi connectivity index (χ2v) is 11.4. The first kappa shape index (κ1) is 31.1. The highest BCUT2D eigenvalue weighted by Gasteiger charge is 2.45. The number of amides is 3. The average molecular weight is 630 g/mol. The fourth-order valence-electron chi connectivity index (χ4n) is 4.46. The number of nitrogens with one attached hydrogen (secondary N) is 3. The van der Waals surface area contributed by atoms with E-state index in [1.807, 2.05) is 0 Å². The van der Waals surface area contributed by atoms with Gasteiger partial charge in [0, 0.05) is 44.0 Å². The first-order chi connectivity index (χ1) is 19.3. The molecule has 0 bridgehead atoms. The topological polar surface area (TPSA) is 139 Å². The predicted octanol–water partition coefficient (Wildman–Crippen LogP) is 2.00. The minimum Gasteiger partial charge on any atom is -0.489 e. The van der Waals surface area contributed by atoms with E-state index >= 15 is 0 Å². The van der Waals surface area contributed by atoms with Crippen LogP contribution >= 0.6 is 0 Å². The van der Waals surface area contributed by atoms with E-state index in [1.165, 1.54) is 12.4 Å². The fraction of sp³-hybridized carbons (Fsp3) is 0.435. The van der Waals surface area contributed by atoms with Crippen LogP contribution in [0.4, 0.5) is 36.4 Å². The number of carbonyl (C=O) groups is 3. The van der Waals surface area contributed by atoms with Crippen molar-refractivity contribution in [3.8, 4) is 5.75 Å². The van der Waals surface area contributed by atoms with Gasteiger partial charge in [0.2, 0.25) is 10.0 Å². The normalized spacial score (nSPS) is 20.8. The minimum absolute atomic E-state index is 0.292. The van der Waals surface area contributed by atoms with E-state index in [-0.39, 0.29) is 19.7 Å². The van der Waals surface area contributed by atoms with Gasteiger partial charge in [0.1, 0.15) is 16.8 Å². The monoisotopic (exact) mass is 629 g/mol. The molecule has 1 saturated heterocycles. The van der Waals surface area contributed by atoms with Gasteiger partial charge in [-0.2, -0.15) is 26.3 Å². The van der Waals surface area contributed by atoms with Crippen LogP contribution in [0.1, 0.15) is 23.0 Å². The lowest BCUT2D eigenvalue weighted by molar-refractivity contribution is -0.162. The lowest BCUT2D eigenvalue weighted by atomic mass is 10.1. The van der Waals surface area contributed by atoms with Crippen molar-refractivity contribution in [2.75, 3.05) is 25.0 Å². The van der Waals surface area contributed by atoms with Crippen LogP contribution in [0, 0.1) is 11.7 Å². The number of hydrogen-bond acceptors (Lipinski definition) is 6. The number of rotatable bonds is 3. The SMILES string of the molecule is C[C@@H](NC(=O)C(=O)N1C[C@H]2COc3c(cn(C)c3C(=O)Nc3ccc(F)c(C(F)(F)F)c3)S(=O)(=O)N[C@H]2C1)C(F)(F)F. The first-order valence-corrected chi connectivity index (χ1v) is 13.5. The Hall–Kier alpha value is -3.87. The summed E-state index contributed by atoms with van der Waals surface area (Å²) in [7, 11) is -3.19. The van der Waals surface area contributed by atoms with Crippen LogP contribution in [-0.2, 0) is 32.8 Å². The number of aryl methyl sites for hydroxylation is 1. The van der Waals surface area contributed by atoms with E-state index in [1.54, 1.807) is 0 Å². The fourth-order valence-corrected chi connectivity index (χ4v) is 5.95. The Bertz CT molecular complexity index is 1540. The summed E-state index contributed by atoms with van der Waals surface area (Å²) >= 11 is 0. The molecule has 19 heteroatoms. The second kappa shape index (κ2) is 10.8. The van der Waals surface area contributed by atoms with Crippen LogP contribution in [-0.4, -0.2) is 73.6 Å². The van der Waals surface area contributed by atoms with Crippen LogP contribution in [0.5, 0.6) is 5.75 Å². The number of sulfonamides is 1. The van der Waals surface area contributed by atoms with Gasteiger partial charge < -0.3 is 24.8 Å². The first-order valence-electron chi connectivity index (χ1n) is 12.0. The van der Waals surface area contributed by atoms with Gasteiger partial charge in [-0.25, -0.2) is 17.5 Å². The molecule has 3 heterocycles. The van der Waals surface area contributed by atoms with Gasteiger partial charge in [-0.3, -0.25) is 14.4 Å². The van der Waals surface area contributed by atoms with Crippen LogP contribution in [0.2, 0.25) is 0 Å². The Balaban J connectivity index is 1.55. The van der Waals surface area contributed by atoms with Crippen molar-refractivity contribution in [3.63, 3.8) is 0 Å². The third-order valence-electron chi connectivity index (χ3n) is 6.65. The molecule has 1 aromatic heterocycles. The summed E-state index contributed by atoms with van der Waals surface area (Å²) < 4.78 is 127. The molecule has 2 aliphatic rings. The number of benzene rings is 1. The largest absolute Gasteiger partial charge is 0.489 e. The number of nitrogens with zero attached hydrogens (tertiary/aromatic N) is 2. The number of alkyl halides is 6. The number of halogens is 7. The molecule has 0 saturated carbocycles. The molecule has 0 unspecified atom stereocenters. The highest BCUT2D eigenvalue weighted by atomic mass is 32.2. The molecule has 42 heavy (non-hydrogen) atoms. The summed E-state index contributed by atoms with van der Waals surface area (Å²) in [6.07, 6.45) is -8.86. The van der Waals surface area contributed by atoms with E-state index in [0.717, 1.165) is 21.7 Å². The average Bonchev–Trinajstić information content (AvgIpc) is 3.41. The zero-order valence-electron chi connectivity index (χ0n) is 21.6. The maximum Gasteiger partial charge on any atom is 0.419 e. The third kappa shape index (κ3) is 6.15. The molecule has 3 atom stereocenters. The van der Waals surface area contributed by atoms with Crippen LogP contribution in [0.25, 0.3) is 0 Å². The van der Waals surface area contributed by atoms with Gasteiger partial charge in [-0.05, 0) is 25.1 Å². The number of anilines is 1. The molecule has 0 spiro atoms. The van der Waals surface area contributed by atoms with E-state index in [9.17, 15) is 53.5 Å². The zero-order valence-corrected chi connectivity index (χ0v) is 22.4. The highest BCUT2D eigenvalue weighted by Crippen LogP contribution is 2.36. The Morgan fingerprint density at radius 3 is 2.40 bits per heavy atom. The van der Waals surface area contributed by atoms with Crippen molar-refractivity contribution in [1.82, 2.24) is 19.5 Å². The number of likely N-dealkylation sites (tertiary alicyclic amines) is 1. The molecule has 3 amide bonds. The minimum atomic E-state index is -5.06. The molecule has 11 nitrogen and oxygen atoms in total. The van der Waals surface area contributed by atoms with Crippen molar-refractivity contribution in [2.45, 2.75) is 36.3 Å². The van der Waals surface area contributed by atoms with E-state index in [2.05, 4.69) is 10.0 Å². The summed E-state index contributed by atoms with van der Waals surface area (Å²) in [5.74, 6) is -6.82. The predicted molar refractivity (Wildman–Crippen MR) is 128 cm³/mol. The quantitative estimate of drug-likeness (QED) is 0.351. The number of hydrogen-bond donors (Lipinski definition) is 3. The lowest BCUT2D eigenvalue weighted by Crippen LogP contribution is -2.50. The van der Waals surface area contributed by atoms with Crippen molar-refractivity contribution in [1.29, 1.82) is 0 Å². The maximum atomic E-state index is 13.6. The van der Waals surface area contributed by atoms with Gasteiger partial charge in [-0.1, -0.05) is 0 Å².